The molecule has 2 aromatic heterocycles. The number of hydrogen-bond donors (Lipinski definition) is 1. The Morgan fingerprint density at radius 3 is 2.91 bits per heavy atom. The molecule has 3 rings (SSSR count). The predicted octanol–water partition coefficient (Wildman–Crippen LogP) is 1.93. The summed E-state index contributed by atoms with van der Waals surface area (Å²) in [6.45, 7) is -0.327. The number of benzene rings is 1. The Kier molecular flexibility index (Phi) is 3.64. The van der Waals surface area contributed by atoms with Crippen LogP contribution in [-0.4, -0.2) is 20.1 Å². The van der Waals surface area contributed by atoms with Gasteiger partial charge in [0.1, 0.15) is 12.4 Å². The fraction of sp³-hybridized carbons (Fsp3) is 0.0714. The summed E-state index contributed by atoms with van der Waals surface area (Å²) in [4.78, 5) is 24.0. The van der Waals surface area contributed by atoms with Crippen LogP contribution >= 0.6 is 11.6 Å². The summed E-state index contributed by atoms with van der Waals surface area (Å²) < 4.78 is 15.9. The topological polar surface area (TPSA) is 68.4 Å². The molecule has 1 amide bonds. The van der Waals surface area contributed by atoms with Gasteiger partial charge in [-0.1, -0.05) is 17.7 Å². The normalized spacial score (nSPS) is 10.8. The quantitative estimate of drug-likeness (QED) is 0.801. The first-order chi connectivity index (χ1) is 10.5. The number of rotatable bonds is 3. The second kappa shape index (κ2) is 5.61. The van der Waals surface area contributed by atoms with Crippen molar-refractivity contribution in [1.29, 1.82) is 0 Å². The van der Waals surface area contributed by atoms with E-state index in [4.69, 9.17) is 11.6 Å². The lowest BCUT2D eigenvalue weighted by atomic mass is 10.3. The summed E-state index contributed by atoms with van der Waals surface area (Å²) >= 11 is 5.75. The Balaban J connectivity index is 1.83. The number of carbonyl (C=O) groups is 1. The second-order valence-corrected chi connectivity index (χ2v) is 4.98. The van der Waals surface area contributed by atoms with E-state index in [0.29, 0.717) is 10.7 Å². The monoisotopic (exact) mass is 320 g/mol. The third-order valence-electron chi connectivity index (χ3n) is 2.98. The van der Waals surface area contributed by atoms with Crippen LogP contribution in [0, 0.1) is 5.82 Å². The van der Waals surface area contributed by atoms with Crippen LogP contribution in [0.1, 0.15) is 0 Å². The third-order valence-corrected chi connectivity index (χ3v) is 3.22. The van der Waals surface area contributed by atoms with Crippen LogP contribution in [0.25, 0.3) is 5.65 Å². The van der Waals surface area contributed by atoms with Crippen LogP contribution in [0.2, 0.25) is 5.02 Å². The Hall–Kier alpha value is -2.67. The highest BCUT2D eigenvalue weighted by molar-refractivity contribution is 6.30. The summed E-state index contributed by atoms with van der Waals surface area (Å²) in [7, 11) is 0. The lowest BCUT2D eigenvalue weighted by molar-refractivity contribution is -0.117. The first-order valence-corrected chi connectivity index (χ1v) is 6.71. The molecule has 0 unspecified atom stereocenters. The van der Waals surface area contributed by atoms with E-state index in [1.54, 1.807) is 24.4 Å². The molecule has 112 valence electrons. The number of aromatic nitrogens is 3. The number of nitrogens with one attached hydrogen (secondary N) is 1. The molecule has 1 aromatic carbocycles. The maximum Gasteiger partial charge on any atom is 0.350 e. The van der Waals surface area contributed by atoms with E-state index < -0.39 is 17.4 Å². The van der Waals surface area contributed by atoms with Gasteiger partial charge < -0.3 is 5.32 Å². The van der Waals surface area contributed by atoms with E-state index in [2.05, 4.69) is 10.4 Å². The molecule has 0 atom stereocenters. The van der Waals surface area contributed by atoms with Gasteiger partial charge in [-0.15, -0.1) is 5.10 Å². The van der Waals surface area contributed by atoms with Crippen molar-refractivity contribution in [3.63, 3.8) is 0 Å². The molecule has 0 aliphatic rings. The molecule has 6 nitrogen and oxygen atoms in total. The third kappa shape index (κ3) is 2.71. The summed E-state index contributed by atoms with van der Waals surface area (Å²) in [5.74, 6) is -1.19. The van der Waals surface area contributed by atoms with E-state index in [1.165, 1.54) is 16.5 Å². The van der Waals surface area contributed by atoms with Gasteiger partial charge in [0, 0.05) is 11.2 Å². The molecule has 0 saturated heterocycles. The zero-order valence-corrected chi connectivity index (χ0v) is 11.9. The zero-order valence-electron chi connectivity index (χ0n) is 11.2. The summed E-state index contributed by atoms with van der Waals surface area (Å²) in [5.41, 5.74) is -0.0686. The van der Waals surface area contributed by atoms with Crippen molar-refractivity contribution in [3.05, 3.63) is 63.9 Å². The van der Waals surface area contributed by atoms with Gasteiger partial charge in [-0.2, -0.15) is 0 Å². The molecule has 0 radical (unpaired) electrons. The molecule has 3 aromatic rings. The molecule has 2 heterocycles. The molecule has 0 saturated carbocycles. The molecule has 22 heavy (non-hydrogen) atoms. The van der Waals surface area contributed by atoms with E-state index in [9.17, 15) is 14.0 Å². The molecule has 0 aliphatic heterocycles. The second-order valence-electron chi connectivity index (χ2n) is 4.54. The first kappa shape index (κ1) is 14.3. The molecule has 8 heteroatoms. The van der Waals surface area contributed by atoms with Crippen LogP contribution in [0.4, 0.5) is 10.1 Å². The standard InChI is InChI=1S/C14H10ClFN4O2/c15-9-4-5-10(16)11(7-9)17-13(21)8-20-14(22)19-6-2-1-3-12(19)18-20/h1-7H,8H2,(H,17,21). The van der Waals surface area contributed by atoms with Crippen LogP contribution in [0.5, 0.6) is 0 Å². The summed E-state index contributed by atoms with van der Waals surface area (Å²) in [6, 6.07) is 8.87. The number of nitrogens with zero attached hydrogens (tertiary/aromatic N) is 3. The highest BCUT2D eigenvalue weighted by Crippen LogP contribution is 2.19. The van der Waals surface area contributed by atoms with E-state index in [-0.39, 0.29) is 12.2 Å². The first-order valence-electron chi connectivity index (χ1n) is 6.34. The number of hydrogen-bond acceptors (Lipinski definition) is 3. The van der Waals surface area contributed by atoms with Crippen molar-refractivity contribution in [1.82, 2.24) is 14.2 Å². The number of amides is 1. The van der Waals surface area contributed by atoms with Crippen molar-refractivity contribution in [2.75, 3.05) is 5.32 Å². The van der Waals surface area contributed by atoms with Crippen LogP contribution in [-0.2, 0) is 11.3 Å². The van der Waals surface area contributed by atoms with Gasteiger partial charge in [-0.3, -0.25) is 9.20 Å². The Bertz CT molecular complexity index is 919. The average molecular weight is 321 g/mol. The Morgan fingerprint density at radius 2 is 2.14 bits per heavy atom. The lowest BCUT2D eigenvalue weighted by Crippen LogP contribution is -2.28. The van der Waals surface area contributed by atoms with Gasteiger partial charge in [0.25, 0.3) is 0 Å². The van der Waals surface area contributed by atoms with Crippen molar-refractivity contribution in [2.24, 2.45) is 0 Å². The Labute approximate surface area is 128 Å². The number of fused-ring (bicyclic) bond motifs is 1. The predicted molar refractivity (Wildman–Crippen MR) is 79.5 cm³/mol. The number of pyridine rings is 1. The molecular formula is C14H10ClFN4O2. The van der Waals surface area contributed by atoms with Gasteiger partial charge in [-0.25, -0.2) is 13.9 Å². The highest BCUT2D eigenvalue weighted by atomic mass is 35.5. The SMILES string of the molecule is O=C(Cn1nc2ccccn2c1=O)Nc1cc(Cl)ccc1F. The highest BCUT2D eigenvalue weighted by Gasteiger charge is 2.12. The minimum Gasteiger partial charge on any atom is -0.322 e. The maximum absolute atomic E-state index is 13.6. The van der Waals surface area contributed by atoms with Gasteiger partial charge in [-0.05, 0) is 30.3 Å². The van der Waals surface area contributed by atoms with Crippen molar-refractivity contribution < 1.29 is 9.18 Å². The molecule has 0 bridgehead atoms. The minimum atomic E-state index is -0.611. The summed E-state index contributed by atoms with van der Waals surface area (Å²) in [6.07, 6.45) is 1.55. The molecule has 0 spiro atoms. The number of anilines is 1. The van der Waals surface area contributed by atoms with Gasteiger partial charge in [0.2, 0.25) is 5.91 Å². The van der Waals surface area contributed by atoms with Gasteiger partial charge in [0.05, 0.1) is 5.69 Å². The largest absolute Gasteiger partial charge is 0.350 e. The molecule has 1 N–H and O–H groups in total. The zero-order chi connectivity index (χ0) is 15.7. The number of halogens is 2. The van der Waals surface area contributed by atoms with Crippen molar-refractivity contribution in [2.45, 2.75) is 6.54 Å². The maximum atomic E-state index is 13.6. The molecule has 0 aliphatic carbocycles. The van der Waals surface area contributed by atoms with Crippen molar-refractivity contribution in [3.8, 4) is 0 Å². The van der Waals surface area contributed by atoms with E-state index >= 15 is 0 Å². The molecule has 0 fully saturated rings. The van der Waals surface area contributed by atoms with Crippen LogP contribution < -0.4 is 11.0 Å². The lowest BCUT2D eigenvalue weighted by Gasteiger charge is -2.06. The van der Waals surface area contributed by atoms with E-state index in [0.717, 1.165) is 10.7 Å². The molecular weight excluding hydrogens is 311 g/mol. The summed E-state index contributed by atoms with van der Waals surface area (Å²) in [5, 5.41) is 6.68. The van der Waals surface area contributed by atoms with E-state index in [1.807, 2.05) is 0 Å². The fourth-order valence-corrected chi connectivity index (χ4v) is 2.16. The average Bonchev–Trinajstić information content (AvgIpc) is 2.80. The van der Waals surface area contributed by atoms with Gasteiger partial charge >= 0.3 is 5.69 Å². The number of carbonyl (C=O) groups excluding carboxylic acids is 1. The van der Waals surface area contributed by atoms with Crippen LogP contribution in [0.15, 0.2) is 47.4 Å². The van der Waals surface area contributed by atoms with Crippen molar-refractivity contribution >= 4 is 28.8 Å². The smallest absolute Gasteiger partial charge is 0.322 e. The van der Waals surface area contributed by atoms with Crippen LogP contribution in [0.3, 0.4) is 0 Å². The minimum absolute atomic E-state index is 0.0469. The fourth-order valence-electron chi connectivity index (χ4n) is 1.99. The van der Waals surface area contributed by atoms with Gasteiger partial charge in [0.15, 0.2) is 5.65 Å². The Morgan fingerprint density at radius 1 is 1.32 bits per heavy atom.